The van der Waals surface area contributed by atoms with Gasteiger partial charge in [-0.05, 0) is 67.7 Å². The van der Waals surface area contributed by atoms with Gasteiger partial charge in [0.25, 0.3) is 0 Å². The fourth-order valence-electron chi connectivity index (χ4n) is 4.97. The van der Waals surface area contributed by atoms with Gasteiger partial charge in [-0.2, -0.15) is 0 Å². The molecule has 2 aromatic rings. The van der Waals surface area contributed by atoms with Crippen LogP contribution in [-0.2, 0) is 14.3 Å². The Morgan fingerprint density at radius 3 is 2.06 bits per heavy atom. The molecule has 4 rings (SSSR count). The Morgan fingerprint density at radius 1 is 1.00 bits per heavy atom. The largest absolute Gasteiger partial charge is 0.480 e. The van der Waals surface area contributed by atoms with Crippen molar-refractivity contribution in [3.8, 4) is 11.1 Å². The van der Waals surface area contributed by atoms with Crippen LogP contribution in [0.3, 0.4) is 0 Å². The number of hydrogen-bond donors (Lipinski definition) is 3. The summed E-state index contributed by atoms with van der Waals surface area (Å²) >= 11 is 0. The van der Waals surface area contributed by atoms with Gasteiger partial charge in [0.1, 0.15) is 17.7 Å². The fraction of sp³-hybridized carbons (Fsp3) is 0.444. The van der Waals surface area contributed by atoms with Gasteiger partial charge in [-0.25, -0.2) is 9.59 Å². The van der Waals surface area contributed by atoms with E-state index < -0.39 is 29.0 Å². The minimum Gasteiger partial charge on any atom is -0.480 e. The van der Waals surface area contributed by atoms with E-state index in [0.29, 0.717) is 18.8 Å². The van der Waals surface area contributed by atoms with E-state index in [1.807, 2.05) is 36.4 Å². The van der Waals surface area contributed by atoms with Crippen LogP contribution in [0.4, 0.5) is 4.79 Å². The average molecular weight is 465 g/mol. The molecule has 0 heterocycles. The predicted molar refractivity (Wildman–Crippen MR) is 128 cm³/mol. The predicted octanol–water partition coefficient (Wildman–Crippen LogP) is 4.45. The third-order valence-corrected chi connectivity index (χ3v) is 7.22. The van der Waals surface area contributed by atoms with Crippen LogP contribution in [0.1, 0.15) is 63.5 Å². The van der Waals surface area contributed by atoms with Crippen molar-refractivity contribution in [2.45, 2.75) is 63.5 Å². The van der Waals surface area contributed by atoms with Gasteiger partial charge in [-0.3, -0.25) is 4.79 Å². The number of rotatable bonds is 6. The topological polar surface area (TPSA) is 105 Å². The Balaban J connectivity index is 1.40. The Hall–Kier alpha value is -3.35. The molecule has 7 heteroatoms. The summed E-state index contributed by atoms with van der Waals surface area (Å²) in [6.45, 7) is 5.31. The van der Waals surface area contributed by atoms with E-state index in [4.69, 9.17) is 4.74 Å². The van der Waals surface area contributed by atoms with Crippen molar-refractivity contribution in [1.82, 2.24) is 10.6 Å². The maximum Gasteiger partial charge on any atom is 0.408 e. The summed E-state index contributed by atoms with van der Waals surface area (Å²) in [5, 5.41) is 15.1. The Bertz CT molecular complexity index is 1060. The van der Waals surface area contributed by atoms with Crippen molar-refractivity contribution < 1.29 is 24.2 Å². The highest BCUT2D eigenvalue weighted by Crippen LogP contribution is 2.44. The number of aliphatic carboxylic acids is 1. The smallest absolute Gasteiger partial charge is 0.408 e. The highest BCUT2D eigenvalue weighted by atomic mass is 16.5. The highest BCUT2D eigenvalue weighted by molar-refractivity contribution is 5.93. The molecule has 2 amide bonds. The van der Waals surface area contributed by atoms with Gasteiger partial charge in [0.2, 0.25) is 5.91 Å². The van der Waals surface area contributed by atoms with Crippen LogP contribution in [0.2, 0.25) is 0 Å². The molecule has 180 valence electrons. The second-order valence-electron chi connectivity index (χ2n) is 10.1. The van der Waals surface area contributed by atoms with E-state index in [1.165, 1.54) is 0 Å². The number of hydrogen-bond acceptors (Lipinski definition) is 4. The molecule has 0 aliphatic heterocycles. The number of alkyl carbamates (subject to hydrolysis) is 1. The summed E-state index contributed by atoms with van der Waals surface area (Å²) in [6.07, 6.45) is 1.48. The van der Waals surface area contributed by atoms with Gasteiger partial charge >= 0.3 is 12.1 Å². The van der Waals surface area contributed by atoms with Crippen LogP contribution >= 0.6 is 0 Å². The zero-order chi connectivity index (χ0) is 24.5. The quantitative estimate of drug-likeness (QED) is 0.586. The monoisotopic (exact) mass is 464 g/mol. The van der Waals surface area contributed by atoms with Crippen LogP contribution in [0.25, 0.3) is 11.1 Å². The third kappa shape index (κ3) is 4.52. The lowest BCUT2D eigenvalue weighted by molar-refractivity contribution is -0.150. The molecule has 0 atom stereocenters. The lowest BCUT2D eigenvalue weighted by Gasteiger charge is -2.38. The van der Waals surface area contributed by atoms with Gasteiger partial charge in [-0.1, -0.05) is 55.5 Å². The number of amides is 2. The summed E-state index contributed by atoms with van der Waals surface area (Å²) in [4.78, 5) is 37.7. The summed E-state index contributed by atoms with van der Waals surface area (Å²) < 4.78 is 5.56. The minimum absolute atomic E-state index is 0.0883. The summed E-state index contributed by atoms with van der Waals surface area (Å²) in [5.41, 5.74) is 1.82. The summed E-state index contributed by atoms with van der Waals surface area (Å²) in [7, 11) is 0. The van der Waals surface area contributed by atoms with Gasteiger partial charge in [0.05, 0.1) is 0 Å². The van der Waals surface area contributed by atoms with E-state index in [9.17, 15) is 19.5 Å². The number of carboxylic acids is 1. The summed E-state index contributed by atoms with van der Waals surface area (Å²) in [6, 6.07) is 16.1. The second kappa shape index (κ2) is 9.12. The van der Waals surface area contributed by atoms with Crippen LogP contribution in [0.5, 0.6) is 0 Å². The molecule has 0 unspecified atom stereocenters. The van der Waals surface area contributed by atoms with E-state index in [-0.39, 0.29) is 12.5 Å². The molecular formula is C27H32N2O5. The molecule has 0 aromatic heterocycles. The molecule has 2 aliphatic carbocycles. The van der Waals surface area contributed by atoms with Gasteiger partial charge in [-0.15, -0.1) is 0 Å². The summed E-state index contributed by atoms with van der Waals surface area (Å²) in [5.74, 6) is -1.24. The lowest BCUT2D eigenvalue weighted by Crippen LogP contribution is -2.63. The number of carbonyl (C=O) groups excluding carboxylic acids is 2. The number of ether oxygens (including phenoxy) is 1. The number of nitrogens with one attached hydrogen (secondary N) is 2. The van der Waals surface area contributed by atoms with Gasteiger partial charge in [0, 0.05) is 5.92 Å². The third-order valence-electron chi connectivity index (χ3n) is 7.22. The molecule has 0 spiro atoms. The molecule has 0 bridgehead atoms. The number of carbonyl (C=O) groups is 3. The van der Waals surface area contributed by atoms with Gasteiger partial charge in [0.15, 0.2) is 0 Å². The van der Waals surface area contributed by atoms with Crippen LogP contribution in [0, 0.1) is 5.92 Å². The Labute approximate surface area is 199 Å². The van der Waals surface area contributed by atoms with Crippen molar-refractivity contribution in [3.05, 3.63) is 59.7 Å². The van der Waals surface area contributed by atoms with Crippen molar-refractivity contribution in [2.24, 2.45) is 5.92 Å². The number of carboxylic acid groups (broad SMARTS) is 1. The average Bonchev–Trinajstić information content (AvgIpc) is 3.12. The molecule has 0 radical (unpaired) electrons. The Kier molecular flexibility index (Phi) is 6.39. The van der Waals surface area contributed by atoms with E-state index in [1.54, 1.807) is 13.8 Å². The van der Waals surface area contributed by atoms with E-state index >= 15 is 0 Å². The molecule has 34 heavy (non-hydrogen) atoms. The molecule has 3 N–H and O–H groups in total. The standard InChI is InChI=1S/C27H32N2O5/c1-17-12-14-27(15-13-17,24(31)32)28-23(30)26(2,3)29-25(33)34-16-22-20-10-6-4-8-18(20)19-9-5-7-11-21(19)22/h4-11,17,22H,12-16H2,1-3H3,(H,28,30)(H,29,33)(H,31,32). The normalized spacial score (nSPS) is 21.8. The molecule has 1 saturated carbocycles. The lowest BCUT2D eigenvalue weighted by atomic mass is 9.76. The Morgan fingerprint density at radius 2 is 1.53 bits per heavy atom. The van der Waals surface area contributed by atoms with Crippen molar-refractivity contribution in [2.75, 3.05) is 6.61 Å². The zero-order valence-corrected chi connectivity index (χ0v) is 19.9. The first-order valence-corrected chi connectivity index (χ1v) is 11.8. The van der Waals surface area contributed by atoms with E-state index in [0.717, 1.165) is 35.1 Å². The first kappa shape index (κ1) is 23.8. The van der Waals surface area contributed by atoms with Crippen molar-refractivity contribution in [1.29, 1.82) is 0 Å². The van der Waals surface area contributed by atoms with Gasteiger partial charge < -0.3 is 20.5 Å². The maximum atomic E-state index is 13.0. The maximum absolute atomic E-state index is 13.0. The number of benzene rings is 2. The molecule has 1 fully saturated rings. The second-order valence-corrected chi connectivity index (χ2v) is 10.1. The van der Waals surface area contributed by atoms with Crippen LogP contribution < -0.4 is 10.6 Å². The first-order valence-electron chi connectivity index (χ1n) is 11.8. The highest BCUT2D eigenvalue weighted by Gasteiger charge is 2.45. The molecule has 2 aliphatic rings. The molecular weight excluding hydrogens is 432 g/mol. The molecule has 7 nitrogen and oxygen atoms in total. The fourth-order valence-corrected chi connectivity index (χ4v) is 4.97. The van der Waals surface area contributed by atoms with E-state index in [2.05, 4.69) is 29.7 Å². The number of fused-ring (bicyclic) bond motifs is 3. The molecule has 2 aromatic carbocycles. The van der Waals surface area contributed by atoms with Crippen molar-refractivity contribution in [3.63, 3.8) is 0 Å². The SMILES string of the molecule is CC1CCC(NC(=O)C(C)(C)NC(=O)OCC2c3ccccc3-c3ccccc32)(C(=O)O)CC1. The van der Waals surface area contributed by atoms with Crippen molar-refractivity contribution >= 4 is 18.0 Å². The molecule has 0 saturated heterocycles. The van der Waals surface area contributed by atoms with Crippen LogP contribution in [0.15, 0.2) is 48.5 Å². The zero-order valence-electron chi connectivity index (χ0n) is 19.9. The first-order chi connectivity index (χ1) is 16.1. The minimum atomic E-state index is -1.34. The van der Waals surface area contributed by atoms with Crippen LogP contribution in [-0.4, -0.2) is 40.8 Å².